The zero-order chi connectivity index (χ0) is 21.6. The van der Waals surface area contributed by atoms with Crippen LogP contribution in [0.15, 0.2) is 29.3 Å². The van der Waals surface area contributed by atoms with Gasteiger partial charge in [0.05, 0.1) is 38.6 Å². The number of aromatic hydroxyl groups is 1. The molecule has 0 unspecified atom stereocenters. The third-order valence-corrected chi connectivity index (χ3v) is 5.64. The fraction of sp³-hybridized carbons (Fsp3) is 0.450. The molecule has 10 heteroatoms. The number of carbonyl (C=O) groups is 1. The summed E-state index contributed by atoms with van der Waals surface area (Å²) in [5, 5.41) is 29.4. The van der Waals surface area contributed by atoms with Crippen LogP contribution in [0.3, 0.4) is 0 Å². The van der Waals surface area contributed by atoms with E-state index in [9.17, 15) is 15.0 Å². The fourth-order valence-electron chi connectivity index (χ4n) is 2.72. The van der Waals surface area contributed by atoms with Gasteiger partial charge in [-0.1, -0.05) is 0 Å². The van der Waals surface area contributed by atoms with E-state index in [2.05, 4.69) is 9.98 Å². The topological polar surface area (TPSA) is 131 Å². The molecule has 3 rings (SSSR count). The number of benzene rings is 1. The third kappa shape index (κ3) is 5.39. The van der Waals surface area contributed by atoms with Crippen molar-refractivity contribution in [2.45, 2.75) is 12.5 Å². The number of aliphatic imine (C=N–C) groups is 1. The van der Waals surface area contributed by atoms with E-state index in [0.29, 0.717) is 60.5 Å². The highest BCUT2D eigenvalue weighted by Crippen LogP contribution is 2.35. The summed E-state index contributed by atoms with van der Waals surface area (Å²) in [4.78, 5) is 20.1. The minimum Gasteiger partial charge on any atom is -0.506 e. The summed E-state index contributed by atoms with van der Waals surface area (Å²) < 4.78 is 16.1. The summed E-state index contributed by atoms with van der Waals surface area (Å²) in [5.41, 5.74) is -0.295. The summed E-state index contributed by atoms with van der Waals surface area (Å²) in [5.74, 6) is -0.165. The molecule has 3 N–H and O–H groups in total. The number of aliphatic carboxylic acids is 1. The molecule has 2 aromatic rings. The largest absolute Gasteiger partial charge is 0.506 e. The molecule has 1 atom stereocenters. The second-order valence-electron chi connectivity index (χ2n) is 6.79. The smallest absolute Gasteiger partial charge is 0.332 e. The summed E-state index contributed by atoms with van der Waals surface area (Å²) in [6, 6.07) is 6.87. The Morgan fingerprint density at radius 2 is 1.90 bits per heavy atom. The Kier molecular flexibility index (Phi) is 7.48. The Balaban J connectivity index is 1.62. The summed E-state index contributed by atoms with van der Waals surface area (Å²) in [6.45, 7) is 3.41. The molecule has 0 fully saturated rings. The molecule has 1 aromatic carbocycles. The molecule has 30 heavy (non-hydrogen) atoms. The number of hydrogen-bond donors (Lipinski definition) is 3. The first kappa shape index (κ1) is 22.3. The van der Waals surface area contributed by atoms with Crippen LogP contribution in [0.1, 0.15) is 12.6 Å². The molecule has 0 amide bonds. The first-order valence-electron chi connectivity index (χ1n) is 9.42. The lowest BCUT2D eigenvalue weighted by Gasteiger charge is -2.11. The molecule has 1 aliphatic rings. The van der Waals surface area contributed by atoms with Gasteiger partial charge in [0.2, 0.25) is 0 Å². The number of rotatable bonds is 11. The number of carboxylic acids is 1. The molecule has 1 aromatic heterocycles. The Hall–Kier alpha value is -2.40. The molecule has 2 heterocycles. The highest BCUT2D eigenvalue weighted by Gasteiger charge is 2.39. The Morgan fingerprint density at radius 3 is 2.60 bits per heavy atom. The van der Waals surface area contributed by atoms with E-state index in [-0.39, 0.29) is 18.1 Å². The molecule has 162 valence electrons. The van der Waals surface area contributed by atoms with Crippen LogP contribution >= 0.6 is 11.8 Å². The Bertz CT molecular complexity index is 937. The van der Waals surface area contributed by atoms with Gasteiger partial charge >= 0.3 is 5.97 Å². The lowest BCUT2D eigenvalue weighted by atomic mass is 10.1. The van der Waals surface area contributed by atoms with Crippen LogP contribution in [0.5, 0.6) is 11.5 Å². The number of fused-ring (bicyclic) bond motifs is 1. The van der Waals surface area contributed by atoms with Gasteiger partial charge in [-0.2, -0.15) is 0 Å². The van der Waals surface area contributed by atoms with Gasteiger partial charge in [0.1, 0.15) is 28.8 Å². The van der Waals surface area contributed by atoms with E-state index >= 15 is 0 Å². The number of nitrogens with zero attached hydrogens (tertiary/aromatic N) is 2. The van der Waals surface area contributed by atoms with Crippen LogP contribution in [0.25, 0.3) is 10.9 Å². The number of pyridine rings is 1. The molecule has 9 nitrogen and oxygen atoms in total. The minimum atomic E-state index is -1.21. The SMILES string of the molecule is C[C@]1(C(=O)O)CSC(c2nc3ccc(OCCOCCOCCO)cc3cc2O)=N1. The van der Waals surface area contributed by atoms with Gasteiger partial charge in [-0.3, -0.25) is 4.99 Å². The second-order valence-corrected chi connectivity index (χ2v) is 7.76. The van der Waals surface area contributed by atoms with Crippen LogP contribution in [0, 0.1) is 0 Å². The molecular weight excluding hydrogens is 412 g/mol. The second kappa shape index (κ2) is 10.1. The normalized spacial score (nSPS) is 18.5. The maximum absolute atomic E-state index is 11.4. The number of ether oxygens (including phenoxy) is 3. The van der Waals surface area contributed by atoms with E-state index in [1.165, 1.54) is 11.8 Å². The van der Waals surface area contributed by atoms with Crippen molar-refractivity contribution in [1.29, 1.82) is 0 Å². The van der Waals surface area contributed by atoms with Crippen molar-refractivity contribution >= 4 is 33.7 Å². The van der Waals surface area contributed by atoms with Crippen molar-refractivity contribution in [3.8, 4) is 11.5 Å². The summed E-state index contributed by atoms with van der Waals surface area (Å²) in [6.07, 6.45) is 0. The van der Waals surface area contributed by atoms with E-state index in [1.54, 1.807) is 31.2 Å². The standard InChI is InChI=1S/C20H24N2O7S/c1-20(19(25)26)12-30-18(22-20)17-16(24)11-13-10-14(2-3-15(13)21-17)29-9-8-28-7-6-27-5-4-23/h2-3,10-11,23-24H,4-9,12H2,1H3,(H,25,26)/t20-/m1/s1. The van der Waals surface area contributed by atoms with Crippen LogP contribution < -0.4 is 4.74 Å². The van der Waals surface area contributed by atoms with Crippen molar-refractivity contribution in [1.82, 2.24) is 4.98 Å². The number of aliphatic hydroxyl groups excluding tert-OH is 1. The monoisotopic (exact) mass is 436 g/mol. The first-order chi connectivity index (χ1) is 14.4. The van der Waals surface area contributed by atoms with Gasteiger partial charge in [0.15, 0.2) is 5.54 Å². The highest BCUT2D eigenvalue weighted by atomic mass is 32.2. The minimum absolute atomic E-state index is 0.00829. The van der Waals surface area contributed by atoms with E-state index in [4.69, 9.17) is 19.3 Å². The molecule has 0 spiro atoms. The summed E-state index contributed by atoms with van der Waals surface area (Å²) >= 11 is 1.27. The maximum Gasteiger partial charge on any atom is 0.332 e. The third-order valence-electron chi connectivity index (χ3n) is 4.37. The molecule has 1 aliphatic heterocycles. The molecule has 0 saturated heterocycles. The van der Waals surface area contributed by atoms with Gasteiger partial charge in [-0.05, 0) is 31.2 Å². The van der Waals surface area contributed by atoms with E-state index in [0.717, 1.165) is 0 Å². The van der Waals surface area contributed by atoms with E-state index in [1.807, 2.05) is 0 Å². The maximum atomic E-state index is 11.4. The zero-order valence-electron chi connectivity index (χ0n) is 16.5. The van der Waals surface area contributed by atoms with Crippen molar-refractivity contribution in [2.75, 3.05) is 45.4 Å². The van der Waals surface area contributed by atoms with Crippen LogP contribution in [-0.2, 0) is 14.3 Å². The summed E-state index contributed by atoms with van der Waals surface area (Å²) in [7, 11) is 0. The van der Waals surface area contributed by atoms with Crippen molar-refractivity contribution in [2.24, 2.45) is 4.99 Å². The predicted octanol–water partition coefficient (Wildman–Crippen LogP) is 1.68. The van der Waals surface area contributed by atoms with Gasteiger partial charge in [0, 0.05) is 11.1 Å². The van der Waals surface area contributed by atoms with Crippen LogP contribution in [0.2, 0.25) is 0 Å². The predicted molar refractivity (Wildman–Crippen MR) is 113 cm³/mol. The lowest BCUT2D eigenvalue weighted by Crippen LogP contribution is -2.33. The van der Waals surface area contributed by atoms with Gasteiger partial charge in [-0.25, -0.2) is 9.78 Å². The van der Waals surface area contributed by atoms with Crippen LogP contribution in [0.4, 0.5) is 0 Å². The van der Waals surface area contributed by atoms with Crippen molar-refractivity contribution in [3.05, 3.63) is 30.0 Å². The molecule has 0 saturated carbocycles. The molecule has 0 bridgehead atoms. The zero-order valence-corrected chi connectivity index (χ0v) is 17.4. The van der Waals surface area contributed by atoms with Gasteiger partial charge in [0.25, 0.3) is 0 Å². The van der Waals surface area contributed by atoms with Crippen LogP contribution in [-0.4, -0.2) is 82.2 Å². The lowest BCUT2D eigenvalue weighted by molar-refractivity contribution is -0.141. The number of aliphatic hydroxyl groups is 1. The van der Waals surface area contributed by atoms with Crippen molar-refractivity contribution in [3.63, 3.8) is 0 Å². The number of hydrogen-bond acceptors (Lipinski definition) is 9. The molecule has 0 aliphatic carbocycles. The Morgan fingerprint density at radius 1 is 1.17 bits per heavy atom. The molecule has 0 radical (unpaired) electrons. The number of thioether (sulfide) groups is 1. The highest BCUT2D eigenvalue weighted by molar-refractivity contribution is 8.14. The quantitative estimate of drug-likeness (QED) is 0.450. The van der Waals surface area contributed by atoms with Crippen molar-refractivity contribution < 1.29 is 34.3 Å². The average molecular weight is 436 g/mol. The Labute approximate surface area is 177 Å². The average Bonchev–Trinajstić information content (AvgIpc) is 3.13. The fourth-order valence-corrected chi connectivity index (χ4v) is 3.88. The molecular formula is C20H24N2O7S. The van der Waals surface area contributed by atoms with Gasteiger partial charge < -0.3 is 29.5 Å². The number of aromatic nitrogens is 1. The first-order valence-corrected chi connectivity index (χ1v) is 10.4. The number of carboxylic acid groups (broad SMARTS) is 1. The van der Waals surface area contributed by atoms with Gasteiger partial charge in [-0.15, -0.1) is 11.8 Å². The van der Waals surface area contributed by atoms with E-state index < -0.39 is 11.5 Å².